The van der Waals surface area contributed by atoms with Crippen LogP contribution >= 0.6 is 0 Å². The molecule has 0 saturated carbocycles. The number of carboxylic acid groups (broad SMARTS) is 1. The smallest absolute Gasteiger partial charge is 0.0786 e. The van der Waals surface area contributed by atoms with Crippen LogP contribution < -0.4 is 5.11 Å². The third kappa shape index (κ3) is 16.3. The Morgan fingerprint density at radius 3 is 1.17 bits per heavy atom. The molecule has 24 heavy (non-hydrogen) atoms. The number of nitrogens with zero attached hydrogens (tertiary/aromatic N) is 2. The molecule has 0 bridgehead atoms. The molecule has 0 N–H and O–H groups in total. The van der Waals surface area contributed by atoms with E-state index in [1.807, 2.05) is 0 Å². The van der Waals surface area contributed by atoms with Crippen LogP contribution in [0.4, 0.5) is 0 Å². The molecule has 0 aromatic heterocycles. The third-order valence-electron chi connectivity index (χ3n) is 4.39. The number of aliphatic carboxylic acids is 1. The zero-order valence-electron chi connectivity index (χ0n) is 17.4. The summed E-state index contributed by atoms with van der Waals surface area (Å²) < 4.78 is 1.42. The lowest BCUT2D eigenvalue weighted by Gasteiger charge is -2.39. The monoisotopic (exact) mass is 344 g/mol. The van der Waals surface area contributed by atoms with Gasteiger partial charge in [0.05, 0.1) is 32.1 Å². The molecule has 4 heteroatoms. The second kappa shape index (κ2) is 17.2. The van der Waals surface area contributed by atoms with E-state index in [0.29, 0.717) is 0 Å². The highest BCUT2D eigenvalue weighted by molar-refractivity contribution is 5.66. The van der Waals surface area contributed by atoms with Crippen molar-refractivity contribution >= 4 is 5.97 Å². The minimum atomic E-state index is -1.04. The standard InChI is InChI=1S/C16H36N.C4H9NO2/c1-5-9-13-17(14-10-6-2,15-11-7-3)16-12-8-4;1-5(2)3-4(6)7/h5-16H2,1-4H3;3H2,1-2H3,(H,6,7)/q+1;/p-1. The van der Waals surface area contributed by atoms with Gasteiger partial charge in [-0.3, -0.25) is 0 Å². The summed E-state index contributed by atoms with van der Waals surface area (Å²) in [7, 11) is 3.35. The second-order valence-electron chi connectivity index (χ2n) is 7.26. The maximum Gasteiger partial charge on any atom is 0.0786 e. The molecule has 146 valence electrons. The molecule has 0 fully saturated rings. The molecule has 0 unspecified atom stereocenters. The zero-order valence-corrected chi connectivity index (χ0v) is 17.4. The molecule has 0 aliphatic heterocycles. The van der Waals surface area contributed by atoms with Crippen LogP contribution in [0.25, 0.3) is 0 Å². The van der Waals surface area contributed by atoms with Crippen LogP contribution in [0, 0.1) is 0 Å². The summed E-state index contributed by atoms with van der Waals surface area (Å²) in [6, 6.07) is 0. The van der Waals surface area contributed by atoms with E-state index in [-0.39, 0.29) is 6.54 Å². The number of carboxylic acids is 1. The highest BCUT2D eigenvalue weighted by atomic mass is 16.4. The van der Waals surface area contributed by atoms with Gasteiger partial charge in [-0.2, -0.15) is 0 Å². The van der Waals surface area contributed by atoms with Gasteiger partial charge in [0.15, 0.2) is 0 Å². The van der Waals surface area contributed by atoms with E-state index in [1.165, 1.54) is 86.9 Å². The zero-order chi connectivity index (χ0) is 18.8. The Hall–Kier alpha value is -0.610. The van der Waals surface area contributed by atoms with Crippen LogP contribution in [0.15, 0.2) is 0 Å². The predicted octanol–water partition coefficient (Wildman–Crippen LogP) is 3.30. The van der Waals surface area contributed by atoms with Crippen molar-refractivity contribution in [2.75, 3.05) is 46.8 Å². The van der Waals surface area contributed by atoms with E-state index in [4.69, 9.17) is 0 Å². The average Bonchev–Trinajstić information content (AvgIpc) is 2.53. The normalized spacial score (nSPS) is 11.3. The number of hydrogen-bond donors (Lipinski definition) is 0. The molecule has 0 spiro atoms. The van der Waals surface area contributed by atoms with Crippen molar-refractivity contribution in [2.45, 2.75) is 79.1 Å². The van der Waals surface area contributed by atoms with Crippen LogP contribution in [0.5, 0.6) is 0 Å². The second-order valence-corrected chi connectivity index (χ2v) is 7.26. The minimum absolute atomic E-state index is 0. The quantitative estimate of drug-likeness (QED) is 0.454. The Balaban J connectivity index is 0. The van der Waals surface area contributed by atoms with Gasteiger partial charge in [-0.1, -0.05) is 53.4 Å². The summed E-state index contributed by atoms with van der Waals surface area (Å²) in [5.41, 5.74) is 0. The molecular formula is C20H44N2O2. The molecular weight excluding hydrogens is 300 g/mol. The van der Waals surface area contributed by atoms with Crippen LogP contribution in [-0.4, -0.2) is 62.2 Å². The Morgan fingerprint density at radius 1 is 0.750 bits per heavy atom. The van der Waals surface area contributed by atoms with Crippen molar-refractivity contribution in [1.29, 1.82) is 0 Å². The Kier molecular flexibility index (Phi) is 18.4. The van der Waals surface area contributed by atoms with Gasteiger partial charge in [0, 0.05) is 6.54 Å². The van der Waals surface area contributed by atoms with E-state index < -0.39 is 5.97 Å². The van der Waals surface area contributed by atoms with E-state index in [1.54, 1.807) is 14.1 Å². The first-order valence-corrected chi connectivity index (χ1v) is 10.1. The molecule has 4 nitrogen and oxygen atoms in total. The molecule has 0 aliphatic carbocycles. The molecule has 0 atom stereocenters. The van der Waals surface area contributed by atoms with Crippen molar-refractivity contribution < 1.29 is 14.4 Å². The topological polar surface area (TPSA) is 43.4 Å². The molecule has 0 rings (SSSR count). The largest absolute Gasteiger partial charge is 0.549 e. The van der Waals surface area contributed by atoms with E-state index in [2.05, 4.69) is 27.7 Å². The van der Waals surface area contributed by atoms with Gasteiger partial charge in [0.25, 0.3) is 0 Å². The number of carbonyl (C=O) groups is 1. The lowest BCUT2D eigenvalue weighted by Crippen LogP contribution is -2.50. The maximum absolute atomic E-state index is 9.66. The molecule has 0 amide bonds. The highest BCUT2D eigenvalue weighted by Crippen LogP contribution is 2.16. The van der Waals surface area contributed by atoms with Gasteiger partial charge in [-0.05, 0) is 39.8 Å². The first-order valence-electron chi connectivity index (χ1n) is 10.1. The summed E-state index contributed by atoms with van der Waals surface area (Å²) in [5, 5.41) is 9.66. The SMILES string of the molecule is CCCC[N+](CCCC)(CCCC)CCCC.CN(C)CC(=O)[O-]. The third-order valence-corrected chi connectivity index (χ3v) is 4.39. The summed E-state index contributed by atoms with van der Waals surface area (Å²) >= 11 is 0. The lowest BCUT2D eigenvalue weighted by atomic mass is 10.1. The number of unbranched alkanes of at least 4 members (excludes halogenated alkanes) is 4. The number of hydrogen-bond acceptors (Lipinski definition) is 3. The highest BCUT2D eigenvalue weighted by Gasteiger charge is 2.24. The maximum atomic E-state index is 9.66. The van der Waals surface area contributed by atoms with Crippen molar-refractivity contribution in [2.24, 2.45) is 0 Å². The number of carbonyl (C=O) groups excluding carboxylic acids is 1. The van der Waals surface area contributed by atoms with Crippen molar-refractivity contribution in [3.05, 3.63) is 0 Å². The Bertz CT molecular complexity index is 243. The summed E-state index contributed by atoms with van der Waals surface area (Å²) in [6.45, 7) is 15.0. The Labute approximate surface area is 151 Å². The van der Waals surface area contributed by atoms with Crippen molar-refractivity contribution in [3.63, 3.8) is 0 Å². The molecule has 0 aliphatic rings. The van der Waals surface area contributed by atoms with Crippen molar-refractivity contribution in [1.82, 2.24) is 4.90 Å². The summed E-state index contributed by atoms with van der Waals surface area (Å²) in [4.78, 5) is 11.2. The first kappa shape index (κ1) is 25.6. The van der Waals surface area contributed by atoms with Gasteiger partial charge in [0.1, 0.15) is 0 Å². The van der Waals surface area contributed by atoms with E-state index >= 15 is 0 Å². The summed E-state index contributed by atoms with van der Waals surface area (Å²) in [6.07, 6.45) is 11.1. The van der Waals surface area contributed by atoms with Gasteiger partial charge in [-0.15, -0.1) is 0 Å². The molecule has 0 aromatic carbocycles. The lowest BCUT2D eigenvalue weighted by molar-refractivity contribution is -0.929. The van der Waals surface area contributed by atoms with Gasteiger partial charge in [0.2, 0.25) is 0 Å². The fourth-order valence-corrected chi connectivity index (χ4v) is 2.90. The number of rotatable bonds is 14. The van der Waals surface area contributed by atoms with Crippen LogP contribution in [0.3, 0.4) is 0 Å². The Morgan fingerprint density at radius 2 is 1.04 bits per heavy atom. The van der Waals surface area contributed by atoms with Crippen LogP contribution in [0.2, 0.25) is 0 Å². The van der Waals surface area contributed by atoms with E-state index in [9.17, 15) is 9.90 Å². The predicted molar refractivity (Wildman–Crippen MR) is 103 cm³/mol. The average molecular weight is 345 g/mol. The van der Waals surface area contributed by atoms with E-state index in [0.717, 1.165) is 0 Å². The fourth-order valence-electron chi connectivity index (χ4n) is 2.90. The molecule has 0 heterocycles. The molecule has 0 saturated heterocycles. The molecule has 0 aromatic rings. The van der Waals surface area contributed by atoms with Gasteiger partial charge < -0.3 is 19.3 Å². The number of quaternary nitrogens is 1. The van der Waals surface area contributed by atoms with Crippen LogP contribution in [0.1, 0.15) is 79.1 Å². The van der Waals surface area contributed by atoms with Gasteiger partial charge in [-0.25, -0.2) is 0 Å². The van der Waals surface area contributed by atoms with Crippen molar-refractivity contribution in [3.8, 4) is 0 Å². The minimum Gasteiger partial charge on any atom is -0.549 e. The summed E-state index contributed by atoms with van der Waals surface area (Å²) in [5.74, 6) is -1.04. The first-order chi connectivity index (χ1) is 11.4. The fraction of sp³-hybridized carbons (Fsp3) is 0.950. The number of likely N-dealkylation sites (N-methyl/N-ethyl adjacent to an activating group) is 1. The molecule has 0 radical (unpaired) electrons. The van der Waals surface area contributed by atoms with Crippen LogP contribution in [-0.2, 0) is 4.79 Å². The van der Waals surface area contributed by atoms with Gasteiger partial charge >= 0.3 is 0 Å².